The molecular weight excluding hydrogens is 397 g/mol. The maximum absolute atomic E-state index is 12.2. The minimum atomic E-state index is -1.02. The molecule has 0 unspecified atom stereocenters. The predicted molar refractivity (Wildman–Crippen MR) is 103 cm³/mol. The quantitative estimate of drug-likeness (QED) is 0.482. The number of amides is 1. The lowest BCUT2D eigenvalue weighted by molar-refractivity contribution is -0.138. The van der Waals surface area contributed by atoms with Crippen LogP contribution in [0.15, 0.2) is 47.4 Å². The summed E-state index contributed by atoms with van der Waals surface area (Å²) in [7, 11) is 0. The second-order valence-corrected chi connectivity index (χ2v) is 7.17. The average Bonchev–Trinajstić information content (AvgIpc) is 2.61. The van der Waals surface area contributed by atoms with Crippen molar-refractivity contribution >= 4 is 58.3 Å². The first kappa shape index (κ1) is 20.3. The number of halogens is 2. The van der Waals surface area contributed by atoms with E-state index in [-0.39, 0.29) is 30.3 Å². The van der Waals surface area contributed by atoms with Crippen molar-refractivity contribution in [3.8, 4) is 0 Å². The number of aliphatic carboxylic acids is 1. The van der Waals surface area contributed by atoms with E-state index in [0.717, 1.165) is 4.90 Å². The van der Waals surface area contributed by atoms with E-state index >= 15 is 0 Å². The number of benzene rings is 2. The number of carboxylic acids is 1. The monoisotopic (exact) mass is 411 g/mol. The van der Waals surface area contributed by atoms with E-state index in [0.29, 0.717) is 21.3 Å². The van der Waals surface area contributed by atoms with Gasteiger partial charge in [0.15, 0.2) is 5.78 Å². The Morgan fingerprint density at radius 1 is 0.962 bits per heavy atom. The first-order valence-electron chi connectivity index (χ1n) is 7.58. The number of nitrogens with one attached hydrogen (secondary N) is 1. The fourth-order valence-corrected chi connectivity index (χ4v) is 3.07. The van der Waals surface area contributed by atoms with Crippen LogP contribution in [0.4, 0.5) is 5.69 Å². The third kappa shape index (κ3) is 6.37. The van der Waals surface area contributed by atoms with Crippen LogP contribution in [0.5, 0.6) is 0 Å². The van der Waals surface area contributed by atoms with Crippen LogP contribution in [0.25, 0.3) is 0 Å². The number of thioether (sulfide) groups is 1. The zero-order valence-corrected chi connectivity index (χ0v) is 15.8. The predicted octanol–water partition coefficient (Wildman–Crippen LogP) is 4.77. The van der Waals surface area contributed by atoms with Gasteiger partial charge < -0.3 is 10.4 Å². The molecule has 0 aromatic heterocycles. The lowest BCUT2D eigenvalue weighted by Gasteiger charge is -2.06. The summed E-state index contributed by atoms with van der Waals surface area (Å²) in [5, 5.41) is 11.9. The summed E-state index contributed by atoms with van der Waals surface area (Å²) in [5.74, 6) is -1.21. The van der Waals surface area contributed by atoms with E-state index < -0.39 is 5.97 Å². The highest BCUT2D eigenvalue weighted by atomic mass is 35.5. The minimum absolute atomic E-state index is 0.0698. The number of carbonyl (C=O) groups is 3. The van der Waals surface area contributed by atoms with Gasteiger partial charge in [-0.2, -0.15) is 0 Å². The SMILES string of the molecule is O=C(O)CCC(=O)Nc1ccc(SCC(=O)c2ccc(Cl)c(Cl)c2)cc1. The molecule has 5 nitrogen and oxygen atoms in total. The molecule has 2 aromatic rings. The molecule has 136 valence electrons. The number of carboxylic acid groups (broad SMARTS) is 1. The van der Waals surface area contributed by atoms with Crippen molar-refractivity contribution in [3.05, 3.63) is 58.1 Å². The summed E-state index contributed by atoms with van der Waals surface area (Å²) < 4.78 is 0. The standard InChI is InChI=1S/C18H15Cl2NO4S/c19-14-6-1-11(9-15(14)20)16(22)10-26-13-4-2-12(3-5-13)21-17(23)7-8-18(24)25/h1-6,9H,7-8,10H2,(H,21,23)(H,24,25). The molecule has 2 aromatic carbocycles. The molecule has 0 atom stereocenters. The maximum atomic E-state index is 12.2. The van der Waals surface area contributed by atoms with E-state index in [9.17, 15) is 14.4 Å². The third-order valence-electron chi connectivity index (χ3n) is 3.32. The lowest BCUT2D eigenvalue weighted by Crippen LogP contribution is -2.13. The largest absolute Gasteiger partial charge is 0.481 e. The van der Waals surface area contributed by atoms with Gasteiger partial charge in [0.05, 0.1) is 22.2 Å². The summed E-state index contributed by atoms with van der Waals surface area (Å²) >= 11 is 13.1. The Balaban J connectivity index is 1.86. The average molecular weight is 412 g/mol. The van der Waals surface area contributed by atoms with E-state index in [2.05, 4.69) is 5.32 Å². The fourth-order valence-electron chi connectivity index (χ4n) is 1.98. The molecule has 26 heavy (non-hydrogen) atoms. The molecule has 0 heterocycles. The topological polar surface area (TPSA) is 83.5 Å². The van der Waals surface area contributed by atoms with Gasteiger partial charge in [0, 0.05) is 22.6 Å². The van der Waals surface area contributed by atoms with Crippen molar-refractivity contribution in [1.82, 2.24) is 0 Å². The summed E-state index contributed by atoms with van der Waals surface area (Å²) in [4.78, 5) is 35.1. The highest BCUT2D eigenvalue weighted by molar-refractivity contribution is 8.00. The Hall–Kier alpha value is -2.02. The Labute approximate surface area is 164 Å². The molecule has 0 bridgehead atoms. The molecule has 0 aliphatic carbocycles. The van der Waals surface area contributed by atoms with Crippen LogP contribution >= 0.6 is 35.0 Å². The molecule has 8 heteroatoms. The highest BCUT2D eigenvalue weighted by Crippen LogP contribution is 2.25. The molecule has 2 N–H and O–H groups in total. The van der Waals surface area contributed by atoms with Crippen LogP contribution in [-0.4, -0.2) is 28.5 Å². The molecule has 0 radical (unpaired) electrons. The number of anilines is 1. The van der Waals surface area contributed by atoms with Crippen LogP contribution in [0.1, 0.15) is 23.2 Å². The molecule has 0 aliphatic heterocycles. The zero-order valence-electron chi connectivity index (χ0n) is 13.5. The third-order valence-corrected chi connectivity index (χ3v) is 5.07. The van der Waals surface area contributed by atoms with Gasteiger partial charge in [-0.05, 0) is 42.5 Å². The van der Waals surface area contributed by atoms with Gasteiger partial charge in [-0.15, -0.1) is 11.8 Å². The normalized spacial score (nSPS) is 10.4. The van der Waals surface area contributed by atoms with Crippen LogP contribution in [0.2, 0.25) is 10.0 Å². The molecule has 1 amide bonds. The van der Waals surface area contributed by atoms with E-state index in [1.807, 2.05) is 0 Å². The van der Waals surface area contributed by atoms with Crippen LogP contribution in [-0.2, 0) is 9.59 Å². The van der Waals surface area contributed by atoms with Gasteiger partial charge in [0.1, 0.15) is 0 Å². The number of Topliss-reactive ketones (excluding diaryl/α,β-unsaturated/α-hetero) is 1. The van der Waals surface area contributed by atoms with Gasteiger partial charge in [0.2, 0.25) is 5.91 Å². The van der Waals surface area contributed by atoms with E-state index in [4.69, 9.17) is 28.3 Å². The molecular formula is C18H15Cl2NO4S. The molecule has 2 rings (SSSR count). The zero-order chi connectivity index (χ0) is 19.1. The second-order valence-electron chi connectivity index (χ2n) is 5.31. The number of hydrogen-bond acceptors (Lipinski definition) is 4. The Morgan fingerprint density at radius 3 is 2.27 bits per heavy atom. The Bertz CT molecular complexity index is 824. The van der Waals surface area contributed by atoms with Gasteiger partial charge in [-0.3, -0.25) is 14.4 Å². The first-order chi connectivity index (χ1) is 12.3. The number of hydrogen-bond donors (Lipinski definition) is 2. The van der Waals surface area contributed by atoms with Crippen molar-refractivity contribution in [2.75, 3.05) is 11.1 Å². The van der Waals surface area contributed by atoms with E-state index in [1.54, 1.807) is 42.5 Å². The smallest absolute Gasteiger partial charge is 0.303 e. The van der Waals surface area contributed by atoms with Crippen molar-refractivity contribution < 1.29 is 19.5 Å². The molecule has 0 spiro atoms. The van der Waals surface area contributed by atoms with Gasteiger partial charge >= 0.3 is 5.97 Å². The fraction of sp³-hybridized carbons (Fsp3) is 0.167. The lowest BCUT2D eigenvalue weighted by atomic mass is 10.1. The van der Waals surface area contributed by atoms with Crippen LogP contribution < -0.4 is 5.32 Å². The number of ketones is 1. The summed E-state index contributed by atoms with van der Waals surface area (Å²) in [6.45, 7) is 0. The van der Waals surface area contributed by atoms with Gasteiger partial charge in [-0.25, -0.2) is 0 Å². The maximum Gasteiger partial charge on any atom is 0.303 e. The van der Waals surface area contributed by atoms with Crippen molar-refractivity contribution in [3.63, 3.8) is 0 Å². The van der Waals surface area contributed by atoms with Gasteiger partial charge in [0.25, 0.3) is 0 Å². The summed E-state index contributed by atoms with van der Waals surface area (Å²) in [6.07, 6.45) is -0.291. The first-order valence-corrected chi connectivity index (χ1v) is 9.32. The second kappa shape index (κ2) is 9.62. The summed E-state index contributed by atoms with van der Waals surface area (Å²) in [6, 6.07) is 11.7. The minimum Gasteiger partial charge on any atom is -0.481 e. The Morgan fingerprint density at radius 2 is 1.65 bits per heavy atom. The summed E-state index contributed by atoms with van der Waals surface area (Å²) in [5.41, 5.74) is 1.06. The van der Waals surface area contributed by atoms with Crippen molar-refractivity contribution in [2.24, 2.45) is 0 Å². The number of carbonyl (C=O) groups excluding carboxylic acids is 2. The van der Waals surface area contributed by atoms with Crippen LogP contribution in [0, 0.1) is 0 Å². The van der Waals surface area contributed by atoms with Crippen LogP contribution in [0.3, 0.4) is 0 Å². The molecule has 0 saturated heterocycles. The number of rotatable bonds is 8. The molecule has 0 fully saturated rings. The van der Waals surface area contributed by atoms with Gasteiger partial charge in [-0.1, -0.05) is 23.2 Å². The van der Waals surface area contributed by atoms with Crippen molar-refractivity contribution in [1.29, 1.82) is 0 Å². The molecule has 0 aliphatic rings. The van der Waals surface area contributed by atoms with E-state index in [1.165, 1.54) is 11.8 Å². The van der Waals surface area contributed by atoms with Crippen molar-refractivity contribution in [2.45, 2.75) is 17.7 Å². The molecule has 0 saturated carbocycles. The Kier molecular flexibility index (Phi) is 7.50. The highest BCUT2D eigenvalue weighted by Gasteiger charge is 2.10.